The Morgan fingerprint density at radius 2 is 1.24 bits per heavy atom. The van der Waals surface area contributed by atoms with Crippen LogP contribution in [0.25, 0.3) is 11.4 Å². The number of halogens is 7. The second-order valence-corrected chi connectivity index (χ2v) is 11.6. The minimum absolute atomic E-state index is 0.156. The van der Waals surface area contributed by atoms with E-state index >= 15 is 0 Å². The summed E-state index contributed by atoms with van der Waals surface area (Å²) in [6, 6.07) is 13.7. The number of ether oxygens (including phenoxy) is 3. The topological polar surface area (TPSA) is 83.3 Å². The molecular weight excluding hydrogens is 814 g/mol. The van der Waals surface area contributed by atoms with Crippen molar-refractivity contribution < 1.29 is 14.2 Å². The third-order valence-corrected chi connectivity index (χ3v) is 7.11. The van der Waals surface area contributed by atoms with Gasteiger partial charge in [-0.15, -0.1) is 5.10 Å². The zero-order chi connectivity index (χ0) is 30.0. The van der Waals surface area contributed by atoms with Crippen molar-refractivity contribution in [3.05, 3.63) is 91.4 Å². The molecule has 0 radical (unpaired) electrons. The largest absolute Gasteiger partial charge is 0.474 e. The lowest BCUT2D eigenvalue weighted by Crippen LogP contribution is -2.08. The lowest BCUT2D eigenvalue weighted by molar-refractivity contribution is 0.110. The minimum atomic E-state index is -0.156. The molecule has 2 aromatic heterocycles. The van der Waals surface area contributed by atoms with Crippen LogP contribution in [0.2, 0.25) is 20.1 Å². The Balaban J connectivity index is 0.000000242. The van der Waals surface area contributed by atoms with Crippen LogP contribution in [0.15, 0.2) is 65.7 Å². The van der Waals surface area contributed by atoms with E-state index in [2.05, 4.69) is 58.0 Å². The van der Waals surface area contributed by atoms with E-state index in [1.54, 1.807) is 58.2 Å². The Morgan fingerprint density at radius 1 is 0.683 bits per heavy atom. The van der Waals surface area contributed by atoms with E-state index in [-0.39, 0.29) is 5.56 Å². The molecule has 0 unspecified atom stereocenters. The van der Waals surface area contributed by atoms with Crippen LogP contribution in [0.5, 0.6) is 5.88 Å². The normalized spacial score (nSPS) is 10.4. The molecule has 0 amide bonds. The molecule has 1 N–H and O–H groups in total. The van der Waals surface area contributed by atoms with Gasteiger partial charge in [0.15, 0.2) is 0 Å². The Morgan fingerprint density at radius 3 is 1.78 bits per heavy atom. The highest BCUT2D eigenvalue weighted by Crippen LogP contribution is 2.25. The van der Waals surface area contributed by atoms with Gasteiger partial charge in [-0.1, -0.05) is 94.2 Å². The lowest BCUT2D eigenvalue weighted by Gasteiger charge is -2.04. The molecule has 4 rings (SSSR count). The summed E-state index contributed by atoms with van der Waals surface area (Å²) in [7, 11) is 0. The summed E-state index contributed by atoms with van der Waals surface area (Å²) in [4.78, 5) is 10.9. The molecule has 0 spiro atoms. The van der Waals surface area contributed by atoms with Gasteiger partial charge in [0.25, 0.3) is 5.56 Å². The van der Waals surface area contributed by atoms with Crippen molar-refractivity contribution in [2.45, 2.75) is 0 Å². The van der Waals surface area contributed by atoms with Gasteiger partial charge in [-0.2, -0.15) is 0 Å². The molecule has 224 valence electrons. The molecule has 2 aromatic carbocycles. The molecule has 8 nitrogen and oxygen atoms in total. The van der Waals surface area contributed by atoms with E-state index in [1.807, 2.05) is 6.07 Å². The van der Waals surface area contributed by atoms with Crippen LogP contribution in [0.4, 0.5) is 0 Å². The number of aromatic amines is 1. The number of hydrogen-bond acceptors (Lipinski definition) is 5. The number of H-pyrrole nitrogens is 1. The molecule has 0 atom stereocenters. The van der Waals surface area contributed by atoms with Gasteiger partial charge in [-0.05, 0) is 36.4 Å². The molecule has 15 heteroatoms. The second kappa shape index (κ2) is 20.8. The van der Waals surface area contributed by atoms with Crippen molar-refractivity contribution in [3.63, 3.8) is 0 Å². The molecule has 0 fully saturated rings. The van der Waals surface area contributed by atoms with Gasteiger partial charge >= 0.3 is 0 Å². The molecule has 2 heterocycles. The van der Waals surface area contributed by atoms with Gasteiger partial charge in [-0.25, -0.2) is 4.68 Å². The maximum absolute atomic E-state index is 10.9. The molecule has 0 saturated carbocycles. The van der Waals surface area contributed by atoms with Crippen molar-refractivity contribution >= 4 is 94.2 Å². The summed E-state index contributed by atoms with van der Waals surface area (Å²) >= 11 is 33.2. The van der Waals surface area contributed by atoms with E-state index in [4.69, 9.17) is 60.6 Å². The van der Waals surface area contributed by atoms with E-state index in [9.17, 15) is 4.79 Å². The quantitative estimate of drug-likeness (QED) is 0.115. The summed E-state index contributed by atoms with van der Waals surface area (Å²) < 4.78 is 19.1. The predicted octanol–water partition coefficient (Wildman–Crippen LogP) is 8.23. The van der Waals surface area contributed by atoms with Crippen LogP contribution >= 0.6 is 94.2 Å². The fourth-order valence-electron chi connectivity index (χ4n) is 2.85. The van der Waals surface area contributed by atoms with E-state index in [1.165, 1.54) is 6.07 Å². The molecule has 0 aliphatic heterocycles. The fraction of sp³-hybridized carbons (Fsp3) is 0.308. The van der Waals surface area contributed by atoms with Crippen LogP contribution in [-0.4, -0.2) is 68.6 Å². The Kier molecular flexibility index (Phi) is 18.4. The summed E-state index contributed by atoms with van der Waals surface area (Å²) in [5.41, 5.74) is 1.43. The number of nitrogens with one attached hydrogen (secondary N) is 1. The van der Waals surface area contributed by atoms with Gasteiger partial charge in [-0.3, -0.25) is 14.6 Å². The first-order chi connectivity index (χ1) is 19.8. The van der Waals surface area contributed by atoms with Crippen LogP contribution in [0.1, 0.15) is 0 Å². The van der Waals surface area contributed by atoms with E-state index in [0.717, 1.165) is 40.6 Å². The number of aromatic nitrogens is 4. The van der Waals surface area contributed by atoms with Gasteiger partial charge < -0.3 is 14.2 Å². The Labute approximate surface area is 283 Å². The lowest BCUT2D eigenvalue weighted by atomic mass is 10.3. The fourth-order valence-corrected chi connectivity index (χ4v) is 4.12. The third-order valence-electron chi connectivity index (χ3n) is 4.66. The standard InChI is InChI=1S/C13H13BrCl2N2O2.C9H6Cl2N2O.C4H8Br2O/c14-4-6-19-7-8-20-13-3-5-18(17-13)10-1-2-11(15)12(16)9-10;10-7-2-1-6(5-8(7)11)13-4-3-9(14)12-13;5-1-3-7-4-2-6/h1-3,5,9H,4,6-8H2;1-5H,(H,12,14);1-4H2. The Bertz CT molecular complexity index is 1370. The number of benzene rings is 2. The second-order valence-electron chi connectivity index (χ2n) is 7.60. The highest BCUT2D eigenvalue weighted by molar-refractivity contribution is 9.09. The number of rotatable bonds is 12. The van der Waals surface area contributed by atoms with Crippen molar-refractivity contribution in [2.75, 3.05) is 49.0 Å². The van der Waals surface area contributed by atoms with E-state index < -0.39 is 0 Å². The highest BCUT2D eigenvalue weighted by Gasteiger charge is 2.05. The van der Waals surface area contributed by atoms with Crippen molar-refractivity contribution in [3.8, 4) is 17.3 Å². The van der Waals surface area contributed by atoms with Crippen molar-refractivity contribution in [2.24, 2.45) is 0 Å². The SMILES string of the molecule is BrCCOCCBr.Clc1ccc(-n2ccc(OCCOCCBr)n2)cc1Cl.O=c1ccn(-c2ccc(Cl)c(Cl)c2)[nH]1. The van der Waals surface area contributed by atoms with Crippen LogP contribution in [0.3, 0.4) is 0 Å². The first-order valence-electron chi connectivity index (χ1n) is 12.0. The van der Waals surface area contributed by atoms with E-state index in [0.29, 0.717) is 45.8 Å². The molecule has 0 aliphatic rings. The Hall–Kier alpha value is -1.02. The number of alkyl halides is 3. The number of nitrogens with zero attached hydrogens (tertiary/aromatic N) is 3. The summed E-state index contributed by atoms with van der Waals surface area (Å²) in [5.74, 6) is 0.540. The van der Waals surface area contributed by atoms with Gasteiger partial charge in [0.05, 0.1) is 57.9 Å². The average molecular weight is 841 g/mol. The van der Waals surface area contributed by atoms with Gasteiger partial charge in [0.1, 0.15) is 6.61 Å². The summed E-state index contributed by atoms with van der Waals surface area (Å²) in [6.45, 7) is 3.29. The first kappa shape index (κ1) is 36.2. The molecule has 41 heavy (non-hydrogen) atoms. The van der Waals surface area contributed by atoms with Crippen LogP contribution in [0, 0.1) is 0 Å². The maximum atomic E-state index is 10.9. The first-order valence-corrected chi connectivity index (χ1v) is 16.9. The third kappa shape index (κ3) is 13.9. The monoisotopic (exact) mass is 836 g/mol. The molecule has 0 bridgehead atoms. The van der Waals surface area contributed by atoms with Crippen molar-refractivity contribution in [1.29, 1.82) is 0 Å². The molecular formula is C26H27Br3Cl4N4O4. The minimum Gasteiger partial charge on any atom is -0.474 e. The molecule has 0 saturated heterocycles. The maximum Gasteiger partial charge on any atom is 0.264 e. The van der Waals surface area contributed by atoms with Crippen LogP contribution in [-0.2, 0) is 9.47 Å². The molecule has 0 aliphatic carbocycles. The number of hydrogen-bond donors (Lipinski definition) is 1. The van der Waals surface area contributed by atoms with Gasteiger partial charge in [0.2, 0.25) is 5.88 Å². The summed E-state index contributed by atoms with van der Waals surface area (Å²) in [5, 5.41) is 11.5. The zero-order valence-electron chi connectivity index (χ0n) is 21.6. The highest BCUT2D eigenvalue weighted by atomic mass is 79.9. The van der Waals surface area contributed by atoms with Crippen molar-refractivity contribution in [1.82, 2.24) is 19.6 Å². The summed E-state index contributed by atoms with van der Waals surface area (Å²) in [6.07, 6.45) is 3.43. The predicted molar refractivity (Wildman–Crippen MR) is 179 cm³/mol. The van der Waals surface area contributed by atoms with Crippen LogP contribution < -0.4 is 10.3 Å². The van der Waals surface area contributed by atoms with Gasteiger partial charge in [0, 0.05) is 40.5 Å². The smallest absolute Gasteiger partial charge is 0.264 e. The molecule has 4 aromatic rings. The zero-order valence-corrected chi connectivity index (χ0v) is 29.3. The average Bonchev–Trinajstić information content (AvgIpc) is 3.62.